The molecule has 19 heavy (non-hydrogen) atoms. The molecular weight excluding hydrogens is 264 g/mol. The second-order valence-electron chi connectivity index (χ2n) is 5.05. The van der Waals surface area contributed by atoms with Crippen molar-refractivity contribution in [3.05, 3.63) is 29.8 Å². The largest absolute Gasteiger partial charge is 0.373 e. The van der Waals surface area contributed by atoms with E-state index in [9.17, 15) is 8.42 Å². The second kappa shape index (κ2) is 6.03. The molecule has 0 bridgehead atoms. The van der Waals surface area contributed by atoms with Gasteiger partial charge < -0.3 is 4.74 Å². The van der Waals surface area contributed by atoms with Crippen LogP contribution in [0.1, 0.15) is 31.7 Å². The van der Waals surface area contributed by atoms with E-state index < -0.39 is 10.1 Å². The van der Waals surface area contributed by atoms with Crippen LogP contribution in [0.15, 0.2) is 29.2 Å². The van der Waals surface area contributed by atoms with Crippen LogP contribution in [0.5, 0.6) is 0 Å². The van der Waals surface area contributed by atoms with Gasteiger partial charge in [0.05, 0.1) is 23.7 Å². The van der Waals surface area contributed by atoms with Gasteiger partial charge in [-0.05, 0) is 45.2 Å². The smallest absolute Gasteiger partial charge is 0.297 e. The highest BCUT2D eigenvalue weighted by molar-refractivity contribution is 7.86. The molecule has 106 valence electrons. The Balaban J connectivity index is 1.96. The summed E-state index contributed by atoms with van der Waals surface area (Å²) in [6.07, 6.45) is 3.00. The molecule has 4 nitrogen and oxygen atoms in total. The Morgan fingerprint density at radius 1 is 1.26 bits per heavy atom. The Hall–Kier alpha value is -0.910. The standard InChI is InChI=1S/C14H20O4S/c1-11-6-8-14(9-7-11)19(15,16)17-10-13-5-3-4-12(2)18-13/h6-9,12-13H,3-5,10H2,1-2H3. The molecule has 0 aromatic heterocycles. The molecule has 0 N–H and O–H groups in total. The fourth-order valence-corrected chi connectivity index (χ4v) is 3.10. The number of ether oxygens (including phenoxy) is 1. The van der Waals surface area contributed by atoms with Crippen LogP contribution < -0.4 is 0 Å². The average Bonchev–Trinajstić information content (AvgIpc) is 2.37. The van der Waals surface area contributed by atoms with Gasteiger partial charge in [0.2, 0.25) is 0 Å². The Kier molecular flexibility index (Phi) is 4.60. The summed E-state index contributed by atoms with van der Waals surface area (Å²) in [6.45, 7) is 4.01. The molecule has 0 saturated carbocycles. The van der Waals surface area contributed by atoms with E-state index in [2.05, 4.69) is 0 Å². The predicted octanol–water partition coefficient (Wildman–Crippen LogP) is 2.66. The lowest BCUT2D eigenvalue weighted by molar-refractivity contribution is -0.0577. The maximum atomic E-state index is 12.0. The Labute approximate surface area is 114 Å². The van der Waals surface area contributed by atoms with Gasteiger partial charge in [-0.2, -0.15) is 8.42 Å². The topological polar surface area (TPSA) is 52.6 Å². The van der Waals surface area contributed by atoms with Gasteiger partial charge in [-0.15, -0.1) is 0 Å². The van der Waals surface area contributed by atoms with Gasteiger partial charge in [0.1, 0.15) is 0 Å². The minimum Gasteiger partial charge on any atom is -0.373 e. The highest BCUT2D eigenvalue weighted by atomic mass is 32.2. The van der Waals surface area contributed by atoms with E-state index in [1.165, 1.54) is 0 Å². The molecule has 2 unspecified atom stereocenters. The highest BCUT2D eigenvalue weighted by Gasteiger charge is 2.23. The molecular formula is C14H20O4S. The number of hydrogen-bond donors (Lipinski definition) is 0. The minimum absolute atomic E-state index is 0.0978. The predicted molar refractivity (Wildman–Crippen MR) is 72.5 cm³/mol. The number of rotatable bonds is 4. The van der Waals surface area contributed by atoms with Crippen molar-refractivity contribution >= 4 is 10.1 Å². The van der Waals surface area contributed by atoms with Crippen LogP contribution in [-0.4, -0.2) is 27.2 Å². The lowest BCUT2D eigenvalue weighted by atomic mass is 10.1. The molecule has 0 radical (unpaired) electrons. The fourth-order valence-electron chi connectivity index (χ4n) is 2.16. The van der Waals surface area contributed by atoms with E-state index >= 15 is 0 Å². The van der Waals surface area contributed by atoms with Gasteiger partial charge in [-0.1, -0.05) is 17.7 Å². The number of benzene rings is 1. The van der Waals surface area contributed by atoms with E-state index in [1.54, 1.807) is 24.3 Å². The van der Waals surface area contributed by atoms with Gasteiger partial charge in [0.15, 0.2) is 0 Å². The van der Waals surface area contributed by atoms with Crippen LogP contribution in [0.2, 0.25) is 0 Å². The summed E-state index contributed by atoms with van der Waals surface area (Å²) in [5.74, 6) is 0. The summed E-state index contributed by atoms with van der Waals surface area (Å²) in [7, 11) is -3.67. The molecule has 1 saturated heterocycles. The van der Waals surface area contributed by atoms with E-state index in [4.69, 9.17) is 8.92 Å². The molecule has 1 heterocycles. The Morgan fingerprint density at radius 2 is 1.95 bits per heavy atom. The van der Waals surface area contributed by atoms with Crippen molar-refractivity contribution < 1.29 is 17.3 Å². The summed E-state index contributed by atoms with van der Waals surface area (Å²) in [6, 6.07) is 6.65. The van der Waals surface area contributed by atoms with Crippen molar-refractivity contribution in [3.8, 4) is 0 Å². The van der Waals surface area contributed by atoms with Gasteiger partial charge in [0, 0.05) is 0 Å². The second-order valence-corrected chi connectivity index (χ2v) is 6.67. The zero-order chi connectivity index (χ0) is 13.9. The van der Waals surface area contributed by atoms with E-state index in [0.29, 0.717) is 0 Å². The van der Waals surface area contributed by atoms with E-state index in [0.717, 1.165) is 24.8 Å². The van der Waals surface area contributed by atoms with Crippen molar-refractivity contribution in [1.29, 1.82) is 0 Å². The zero-order valence-corrected chi connectivity index (χ0v) is 12.2. The SMILES string of the molecule is Cc1ccc(S(=O)(=O)OCC2CCCC(C)O2)cc1. The molecule has 2 atom stereocenters. The first-order valence-corrected chi connectivity index (χ1v) is 8.00. The van der Waals surface area contributed by atoms with Gasteiger partial charge in [-0.25, -0.2) is 0 Å². The van der Waals surface area contributed by atoms with Crippen molar-refractivity contribution in [2.75, 3.05) is 6.61 Å². The summed E-state index contributed by atoms with van der Waals surface area (Å²) in [4.78, 5) is 0.196. The lowest BCUT2D eigenvalue weighted by Crippen LogP contribution is -2.30. The monoisotopic (exact) mass is 284 g/mol. The molecule has 1 aliphatic rings. The summed E-state index contributed by atoms with van der Waals surface area (Å²) in [5, 5.41) is 0. The molecule has 1 aromatic rings. The molecule has 0 aliphatic carbocycles. The van der Waals surface area contributed by atoms with E-state index in [-0.39, 0.29) is 23.7 Å². The Morgan fingerprint density at radius 3 is 2.58 bits per heavy atom. The molecule has 0 spiro atoms. The van der Waals surface area contributed by atoms with Crippen molar-refractivity contribution in [2.45, 2.75) is 50.2 Å². The third kappa shape index (κ3) is 4.03. The fraction of sp³-hybridized carbons (Fsp3) is 0.571. The summed E-state index contributed by atoms with van der Waals surface area (Å²) < 4.78 is 34.7. The molecule has 1 aromatic carbocycles. The number of aryl methyl sites for hydroxylation is 1. The quantitative estimate of drug-likeness (QED) is 0.798. The van der Waals surface area contributed by atoms with Gasteiger partial charge in [-0.3, -0.25) is 4.18 Å². The van der Waals surface area contributed by atoms with Crippen LogP contribution in [-0.2, 0) is 19.0 Å². The Bertz CT molecular complexity index is 507. The molecule has 5 heteroatoms. The first-order valence-electron chi connectivity index (χ1n) is 6.59. The van der Waals surface area contributed by atoms with Crippen molar-refractivity contribution in [3.63, 3.8) is 0 Å². The maximum Gasteiger partial charge on any atom is 0.297 e. The molecule has 0 amide bonds. The van der Waals surface area contributed by atoms with Crippen LogP contribution >= 0.6 is 0 Å². The van der Waals surface area contributed by atoms with Gasteiger partial charge >= 0.3 is 0 Å². The lowest BCUT2D eigenvalue weighted by Gasteiger charge is -2.27. The highest BCUT2D eigenvalue weighted by Crippen LogP contribution is 2.20. The summed E-state index contributed by atoms with van der Waals surface area (Å²) >= 11 is 0. The van der Waals surface area contributed by atoms with Crippen LogP contribution in [0.4, 0.5) is 0 Å². The van der Waals surface area contributed by atoms with Crippen molar-refractivity contribution in [2.24, 2.45) is 0 Å². The first-order chi connectivity index (χ1) is 8.97. The van der Waals surface area contributed by atoms with Crippen LogP contribution in [0, 0.1) is 6.92 Å². The number of hydrogen-bond acceptors (Lipinski definition) is 4. The van der Waals surface area contributed by atoms with E-state index in [1.807, 2.05) is 13.8 Å². The zero-order valence-electron chi connectivity index (χ0n) is 11.3. The normalized spacial score (nSPS) is 24.3. The van der Waals surface area contributed by atoms with Crippen LogP contribution in [0.25, 0.3) is 0 Å². The van der Waals surface area contributed by atoms with Crippen LogP contribution in [0.3, 0.4) is 0 Å². The molecule has 1 aliphatic heterocycles. The van der Waals surface area contributed by atoms with Gasteiger partial charge in [0.25, 0.3) is 10.1 Å². The van der Waals surface area contributed by atoms with Crippen molar-refractivity contribution in [1.82, 2.24) is 0 Å². The molecule has 1 fully saturated rings. The third-order valence-electron chi connectivity index (χ3n) is 3.28. The average molecular weight is 284 g/mol. The first kappa shape index (κ1) is 14.5. The molecule has 2 rings (SSSR count). The maximum absolute atomic E-state index is 12.0. The minimum atomic E-state index is -3.67. The summed E-state index contributed by atoms with van der Waals surface area (Å²) in [5.41, 5.74) is 1.02. The third-order valence-corrected chi connectivity index (χ3v) is 4.58.